The number of nitrogens with one attached hydrogen (secondary N) is 1. The Kier molecular flexibility index (Phi) is 7.01. The Balaban J connectivity index is 1.48. The number of morpholine rings is 1. The molecule has 0 bridgehead atoms. The lowest BCUT2D eigenvalue weighted by Crippen LogP contribution is -2.39. The molecular weight excluding hydrogens is 383 g/mol. The molecule has 0 spiro atoms. The first-order chi connectivity index (χ1) is 13.5. The number of hydrogen-bond acceptors (Lipinski definition) is 5. The van der Waals surface area contributed by atoms with Gasteiger partial charge in [-0.15, -0.1) is 0 Å². The number of rotatable bonds is 8. The predicted octanol–water partition coefficient (Wildman–Crippen LogP) is 2.58. The highest BCUT2D eigenvalue weighted by Crippen LogP contribution is 2.22. The molecule has 1 fully saturated rings. The highest BCUT2D eigenvalue weighted by atomic mass is 32.2. The first-order valence-corrected chi connectivity index (χ1v) is 10.7. The summed E-state index contributed by atoms with van der Waals surface area (Å²) in [6.45, 7) is 3.28. The minimum Gasteiger partial charge on any atom is -0.494 e. The summed E-state index contributed by atoms with van der Waals surface area (Å²) >= 11 is 0. The molecule has 0 unspecified atom stereocenters. The Morgan fingerprint density at radius 3 is 2.75 bits per heavy atom. The number of nitrogens with zero attached hydrogens (tertiary/aromatic N) is 1. The Morgan fingerprint density at radius 2 is 2.04 bits per heavy atom. The highest BCUT2D eigenvalue weighted by Gasteiger charge is 2.22. The van der Waals surface area contributed by atoms with Gasteiger partial charge in [0.25, 0.3) is 0 Å². The normalized spacial score (nSPS) is 18.1. The summed E-state index contributed by atoms with van der Waals surface area (Å²) in [4.78, 5) is 2.16. The molecule has 6 nitrogen and oxygen atoms in total. The summed E-state index contributed by atoms with van der Waals surface area (Å²) in [5.74, 6) is -0.690. The number of hydrogen-bond donors (Lipinski definition) is 1. The third kappa shape index (κ3) is 5.29. The van der Waals surface area contributed by atoms with E-state index in [1.54, 1.807) is 0 Å². The maximum absolute atomic E-state index is 13.8. The van der Waals surface area contributed by atoms with Gasteiger partial charge in [-0.05, 0) is 36.7 Å². The van der Waals surface area contributed by atoms with Crippen LogP contribution in [0.15, 0.2) is 53.4 Å². The van der Waals surface area contributed by atoms with Crippen molar-refractivity contribution in [2.45, 2.75) is 17.4 Å². The molecule has 1 heterocycles. The van der Waals surface area contributed by atoms with E-state index >= 15 is 0 Å². The minimum atomic E-state index is -3.75. The zero-order valence-corrected chi connectivity index (χ0v) is 16.6. The molecule has 8 heteroatoms. The molecule has 0 aromatic heterocycles. The number of benzene rings is 2. The van der Waals surface area contributed by atoms with E-state index in [-0.39, 0.29) is 23.3 Å². The predicted molar refractivity (Wildman–Crippen MR) is 104 cm³/mol. The van der Waals surface area contributed by atoms with Gasteiger partial charge in [0.1, 0.15) is 0 Å². The summed E-state index contributed by atoms with van der Waals surface area (Å²) in [6, 6.07) is 13.7. The summed E-state index contributed by atoms with van der Waals surface area (Å²) < 4.78 is 51.6. The molecule has 0 amide bonds. The topological polar surface area (TPSA) is 67.9 Å². The lowest BCUT2D eigenvalue weighted by atomic mass is 10.1. The molecule has 0 saturated carbocycles. The van der Waals surface area contributed by atoms with E-state index < -0.39 is 15.8 Å². The number of methoxy groups -OCH3 is 1. The van der Waals surface area contributed by atoms with Gasteiger partial charge in [-0.2, -0.15) is 0 Å². The number of sulfonamides is 1. The van der Waals surface area contributed by atoms with Crippen LogP contribution in [-0.4, -0.2) is 53.2 Å². The zero-order chi connectivity index (χ0) is 20.0. The summed E-state index contributed by atoms with van der Waals surface area (Å²) in [6.07, 6.45) is 0.688. The molecule has 1 saturated heterocycles. The fraction of sp³-hybridized carbons (Fsp3) is 0.400. The van der Waals surface area contributed by atoms with Gasteiger partial charge < -0.3 is 9.47 Å². The molecule has 28 heavy (non-hydrogen) atoms. The molecule has 152 valence electrons. The lowest BCUT2D eigenvalue weighted by molar-refractivity contribution is -0.0300. The highest BCUT2D eigenvalue weighted by molar-refractivity contribution is 7.89. The quantitative estimate of drug-likeness (QED) is 0.680. The van der Waals surface area contributed by atoms with Gasteiger partial charge >= 0.3 is 0 Å². The fourth-order valence-corrected chi connectivity index (χ4v) is 4.27. The van der Waals surface area contributed by atoms with Crippen molar-refractivity contribution in [2.24, 2.45) is 0 Å². The van der Waals surface area contributed by atoms with Crippen LogP contribution >= 0.6 is 0 Å². The zero-order valence-electron chi connectivity index (χ0n) is 15.8. The van der Waals surface area contributed by atoms with Gasteiger partial charge in [0, 0.05) is 19.6 Å². The second kappa shape index (κ2) is 9.47. The van der Waals surface area contributed by atoms with E-state index in [9.17, 15) is 12.8 Å². The van der Waals surface area contributed by atoms with Crippen LogP contribution in [0.5, 0.6) is 5.75 Å². The Morgan fingerprint density at radius 1 is 1.25 bits per heavy atom. The van der Waals surface area contributed by atoms with Gasteiger partial charge in [0.15, 0.2) is 11.6 Å². The van der Waals surface area contributed by atoms with E-state index in [1.165, 1.54) is 19.2 Å². The third-order valence-corrected chi connectivity index (χ3v) is 6.16. The molecule has 1 N–H and O–H groups in total. The SMILES string of the molecule is COc1ccc(S(=O)(=O)NCCCN2CCO[C@H](c3ccccc3)C2)cc1F. The molecule has 2 aromatic carbocycles. The largest absolute Gasteiger partial charge is 0.494 e. The maximum Gasteiger partial charge on any atom is 0.240 e. The molecule has 1 aliphatic heterocycles. The molecule has 0 radical (unpaired) electrons. The van der Waals surface area contributed by atoms with Crippen LogP contribution in [0.4, 0.5) is 4.39 Å². The minimum absolute atomic E-state index is 0.0132. The third-order valence-electron chi connectivity index (χ3n) is 4.70. The Bertz CT molecular complexity index is 877. The van der Waals surface area contributed by atoms with Crippen molar-refractivity contribution in [1.29, 1.82) is 0 Å². The molecule has 2 aromatic rings. The van der Waals surface area contributed by atoms with E-state index in [1.807, 2.05) is 18.2 Å². The number of halogens is 1. The van der Waals surface area contributed by atoms with Gasteiger partial charge in [0.05, 0.1) is 24.7 Å². The Labute approximate surface area is 165 Å². The fourth-order valence-electron chi connectivity index (χ4n) is 3.18. The standard InChI is InChI=1S/C20H25FN2O4S/c1-26-19-9-8-17(14-18(19)21)28(24,25)22-10-5-11-23-12-13-27-20(15-23)16-6-3-2-4-7-16/h2-4,6-9,14,20,22H,5,10-13,15H2,1H3/t20-/m0/s1. The van der Waals surface area contributed by atoms with Crippen LogP contribution in [0, 0.1) is 5.82 Å². The van der Waals surface area contributed by atoms with Crippen molar-refractivity contribution < 1.29 is 22.3 Å². The first kappa shape index (κ1) is 20.7. The van der Waals surface area contributed by atoms with Crippen LogP contribution in [0.1, 0.15) is 18.1 Å². The average Bonchev–Trinajstić information content (AvgIpc) is 2.72. The molecular formula is C20H25FN2O4S. The molecule has 0 aliphatic carbocycles. The van der Waals surface area contributed by atoms with Crippen LogP contribution in [0.2, 0.25) is 0 Å². The Hall–Kier alpha value is -2.00. The van der Waals surface area contributed by atoms with Crippen LogP contribution in [-0.2, 0) is 14.8 Å². The smallest absolute Gasteiger partial charge is 0.240 e. The van der Waals surface area contributed by atoms with Crippen molar-refractivity contribution in [3.05, 3.63) is 59.9 Å². The van der Waals surface area contributed by atoms with Gasteiger partial charge in [0.2, 0.25) is 10.0 Å². The monoisotopic (exact) mass is 408 g/mol. The molecule has 3 rings (SSSR count). The van der Waals surface area contributed by atoms with Crippen molar-refractivity contribution >= 4 is 10.0 Å². The van der Waals surface area contributed by atoms with E-state index in [4.69, 9.17) is 9.47 Å². The van der Waals surface area contributed by atoms with Crippen LogP contribution in [0.3, 0.4) is 0 Å². The maximum atomic E-state index is 13.8. The summed E-state index contributed by atoms with van der Waals surface area (Å²) in [7, 11) is -2.42. The lowest BCUT2D eigenvalue weighted by Gasteiger charge is -2.33. The van der Waals surface area contributed by atoms with Crippen molar-refractivity contribution in [3.8, 4) is 5.75 Å². The van der Waals surface area contributed by atoms with Crippen LogP contribution < -0.4 is 9.46 Å². The first-order valence-electron chi connectivity index (χ1n) is 9.22. The van der Waals surface area contributed by atoms with E-state index in [2.05, 4.69) is 21.8 Å². The van der Waals surface area contributed by atoms with Crippen LogP contribution in [0.25, 0.3) is 0 Å². The summed E-state index contributed by atoms with van der Waals surface area (Å²) in [5, 5.41) is 0. The van der Waals surface area contributed by atoms with E-state index in [0.717, 1.165) is 31.3 Å². The second-order valence-corrected chi connectivity index (χ2v) is 8.39. The van der Waals surface area contributed by atoms with Gasteiger partial charge in [-0.3, -0.25) is 4.90 Å². The molecule has 1 atom stereocenters. The number of ether oxygens (including phenoxy) is 2. The van der Waals surface area contributed by atoms with E-state index in [0.29, 0.717) is 13.0 Å². The van der Waals surface area contributed by atoms with Gasteiger partial charge in [-0.1, -0.05) is 30.3 Å². The van der Waals surface area contributed by atoms with Gasteiger partial charge in [-0.25, -0.2) is 17.5 Å². The second-order valence-electron chi connectivity index (χ2n) is 6.62. The van der Waals surface area contributed by atoms with Crippen molar-refractivity contribution in [3.63, 3.8) is 0 Å². The summed E-state index contributed by atoms with van der Waals surface area (Å²) in [5.41, 5.74) is 1.15. The average molecular weight is 408 g/mol. The van der Waals surface area contributed by atoms with Crippen molar-refractivity contribution in [2.75, 3.05) is 39.9 Å². The molecule has 1 aliphatic rings. The van der Waals surface area contributed by atoms with Crippen molar-refractivity contribution in [1.82, 2.24) is 9.62 Å².